The third-order valence-corrected chi connectivity index (χ3v) is 3.64. The molecule has 2 amide bonds. The summed E-state index contributed by atoms with van der Waals surface area (Å²) in [5, 5.41) is 2.78. The number of carbonyl (C=O) groups is 2. The first-order valence-corrected chi connectivity index (χ1v) is 7.55. The minimum atomic E-state index is -0.685. The van der Waals surface area contributed by atoms with Gasteiger partial charge in [0.05, 0.1) is 0 Å². The lowest BCUT2D eigenvalue weighted by molar-refractivity contribution is -0.127. The number of carbonyl (C=O) groups excluding carboxylic acids is 2. The number of hydrogen-bond acceptors (Lipinski definition) is 5. The highest BCUT2D eigenvalue weighted by Gasteiger charge is 2.34. The molecule has 0 saturated heterocycles. The van der Waals surface area contributed by atoms with Crippen LogP contribution in [0.5, 0.6) is 5.75 Å². The zero-order valence-corrected chi connectivity index (χ0v) is 13.4. The number of rotatable bonds is 3. The van der Waals surface area contributed by atoms with Gasteiger partial charge in [0.1, 0.15) is 12.4 Å². The maximum Gasteiger partial charge on any atom is 0.269 e. The Morgan fingerprint density at radius 2 is 2.17 bits per heavy atom. The molecule has 0 aliphatic carbocycles. The molecule has 0 spiro atoms. The van der Waals surface area contributed by atoms with Crippen LogP contribution in [0.25, 0.3) is 0 Å². The Bertz CT molecular complexity index is 806. The topological polar surface area (TPSA) is 97.5 Å². The van der Waals surface area contributed by atoms with E-state index in [0.717, 1.165) is 5.56 Å². The van der Waals surface area contributed by atoms with Crippen LogP contribution in [0.15, 0.2) is 36.4 Å². The van der Waals surface area contributed by atoms with Crippen molar-refractivity contribution in [2.24, 2.45) is 0 Å². The molecule has 0 bridgehead atoms. The highest BCUT2D eigenvalue weighted by molar-refractivity contribution is 6.05. The van der Waals surface area contributed by atoms with Crippen molar-refractivity contribution in [3.05, 3.63) is 42.0 Å². The third kappa shape index (κ3) is 3.15. The number of fused-ring (bicyclic) bond motifs is 1. The highest BCUT2D eigenvalue weighted by Crippen LogP contribution is 2.32. The lowest BCUT2D eigenvalue weighted by Gasteiger charge is -2.31. The summed E-state index contributed by atoms with van der Waals surface area (Å²) in [5.41, 5.74) is 7.40. The second-order valence-corrected chi connectivity index (χ2v) is 5.66. The van der Waals surface area contributed by atoms with E-state index in [2.05, 4.69) is 10.3 Å². The van der Waals surface area contributed by atoms with Crippen LogP contribution in [0.4, 0.5) is 17.3 Å². The number of nitrogens with zero attached hydrogens (tertiary/aromatic N) is 2. The number of anilines is 3. The lowest BCUT2D eigenvalue weighted by Crippen LogP contribution is -2.48. The average Bonchev–Trinajstić information content (AvgIpc) is 2.52. The molecule has 7 nitrogen and oxygen atoms in total. The number of nitrogens with two attached hydrogens (primary N) is 1. The molecule has 1 aromatic heterocycles. The number of nitrogen functional groups attached to an aromatic ring is 1. The molecule has 2 aromatic rings. The normalized spacial score (nSPS) is 16.3. The minimum absolute atomic E-state index is 0.163. The number of aromatic nitrogens is 1. The van der Waals surface area contributed by atoms with Gasteiger partial charge in [-0.2, -0.15) is 0 Å². The second kappa shape index (κ2) is 6.19. The fourth-order valence-electron chi connectivity index (χ4n) is 2.52. The SMILES string of the molecule is Cc1cccc(NC(=O)CN2C(=O)C(C)Oc3ccc(N)nc32)c1. The van der Waals surface area contributed by atoms with Crippen LogP contribution in [0.2, 0.25) is 0 Å². The minimum Gasteiger partial charge on any atom is -0.477 e. The Kier molecular flexibility index (Phi) is 4.07. The van der Waals surface area contributed by atoms with Crippen molar-refractivity contribution in [1.29, 1.82) is 0 Å². The van der Waals surface area contributed by atoms with Gasteiger partial charge in [-0.05, 0) is 43.7 Å². The van der Waals surface area contributed by atoms with Crippen molar-refractivity contribution in [3.8, 4) is 5.75 Å². The van der Waals surface area contributed by atoms with E-state index in [1.807, 2.05) is 25.1 Å². The van der Waals surface area contributed by atoms with Gasteiger partial charge in [-0.25, -0.2) is 4.98 Å². The van der Waals surface area contributed by atoms with E-state index in [4.69, 9.17) is 10.5 Å². The molecule has 1 unspecified atom stereocenters. The first-order valence-electron chi connectivity index (χ1n) is 7.55. The number of ether oxygens (including phenoxy) is 1. The summed E-state index contributed by atoms with van der Waals surface area (Å²) in [6.07, 6.45) is -0.685. The third-order valence-electron chi connectivity index (χ3n) is 3.64. The van der Waals surface area contributed by atoms with Crippen LogP contribution >= 0.6 is 0 Å². The Labute approximate surface area is 139 Å². The molecule has 0 saturated carbocycles. The lowest BCUT2D eigenvalue weighted by atomic mass is 10.2. The molecule has 1 aliphatic rings. The predicted octanol–water partition coefficient (Wildman–Crippen LogP) is 1.72. The van der Waals surface area contributed by atoms with Crippen LogP contribution in [0, 0.1) is 6.92 Å². The summed E-state index contributed by atoms with van der Waals surface area (Å²) in [4.78, 5) is 30.1. The monoisotopic (exact) mass is 326 g/mol. The Morgan fingerprint density at radius 3 is 2.92 bits per heavy atom. The molecule has 24 heavy (non-hydrogen) atoms. The number of benzene rings is 1. The van der Waals surface area contributed by atoms with Gasteiger partial charge in [0, 0.05) is 5.69 Å². The van der Waals surface area contributed by atoms with Crippen LogP contribution in [0.3, 0.4) is 0 Å². The van der Waals surface area contributed by atoms with Crippen molar-refractivity contribution in [3.63, 3.8) is 0 Å². The predicted molar refractivity (Wildman–Crippen MR) is 90.9 cm³/mol. The fraction of sp³-hybridized carbons (Fsp3) is 0.235. The molecule has 124 valence electrons. The molecule has 7 heteroatoms. The summed E-state index contributed by atoms with van der Waals surface area (Å²) in [6, 6.07) is 10.7. The van der Waals surface area contributed by atoms with E-state index in [9.17, 15) is 9.59 Å². The molecule has 1 aliphatic heterocycles. The summed E-state index contributed by atoms with van der Waals surface area (Å²) < 4.78 is 5.50. The number of pyridine rings is 1. The van der Waals surface area contributed by atoms with Gasteiger partial charge in [0.25, 0.3) is 5.91 Å². The van der Waals surface area contributed by atoms with Crippen LogP contribution in [-0.2, 0) is 9.59 Å². The van der Waals surface area contributed by atoms with Gasteiger partial charge in [-0.3, -0.25) is 14.5 Å². The standard InChI is InChI=1S/C17H18N4O3/c1-10-4-3-5-12(8-10)19-15(22)9-21-16-13(6-7-14(18)20-16)24-11(2)17(21)23/h3-8,11H,9H2,1-2H3,(H2,18,20)(H,19,22). The zero-order valence-electron chi connectivity index (χ0n) is 13.4. The van der Waals surface area contributed by atoms with E-state index in [0.29, 0.717) is 11.4 Å². The Balaban J connectivity index is 1.82. The van der Waals surface area contributed by atoms with Crippen LogP contribution in [0.1, 0.15) is 12.5 Å². The molecule has 0 fully saturated rings. The van der Waals surface area contributed by atoms with E-state index in [1.165, 1.54) is 4.90 Å². The summed E-state index contributed by atoms with van der Waals surface area (Å²) in [6.45, 7) is 3.41. The number of hydrogen-bond donors (Lipinski definition) is 2. The van der Waals surface area contributed by atoms with Crippen LogP contribution in [-0.4, -0.2) is 29.4 Å². The van der Waals surface area contributed by atoms with Crippen molar-refractivity contribution in [1.82, 2.24) is 4.98 Å². The van der Waals surface area contributed by atoms with Gasteiger partial charge in [-0.15, -0.1) is 0 Å². The van der Waals surface area contributed by atoms with Gasteiger partial charge >= 0.3 is 0 Å². The first kappa shape index (κ1) is 15.8. The van der Waals surface area contributed by atoms with E-state index in [-0.39, 0.29) is 30.0 Å². The molecular weight excluding hydrogens is 308 g/mol. The average molecular weight is 326 g/mol. The van der Waals surface area contributed by atoms with E-state index in [1.54, 1.807) is 25.1 Å². The van der Waals surface area contributed by atoms with E-state index >= 15 is 0 Å². The molecule has 0 radical (unpaired) electrons. The van der Waals surface area contributed by atoms with Crippen molar-refractivity contribution < 1.29 is 14.3 Å². The highest BCUT2D eigenvalue weighted by atomic mass is 16.5. The molecular formula is C17H18N4O3. The molecule has 3 rings (SSSR count). The fourth-order valence-corrected chi connectivity index (χ4v) is 2.52. The number of aryl methyl sites for hydroxylation is 1. The quantitative estimate of drug-likeness (QED) is 0.895. The largest absolute Gasteiger partial charge is 0.477 e. The maximum atomic E-state index is 12.4. The molecule has 1 atom stereocenters. The van der Waals surface area contributed by atoms with Crippen molar-refractivity contribution in [2.75, 3.05) is 22.5 Å². The van der Waals surface area contributed by atoms with E-state index < -0.39 is 6.10 Å². The number of nitrogens with one attached hydrogen (secondary N) is 1. The van der Waals surface area contributed by atoms with Gasteiger partial charge in [0.2, 0.25) is 5.91 Å². The Morgan fingerprint density at radius 1 is 1.38 bits per heavy atom. The summed E-state index contributed by atoms with van der Waals surface area (Å²) >= 11 is 0. The molecule has 3 N–H and O–H groups in total. The van der Waals surface area contributed by atoms with Crippen molar-refractivity contribution >= 4 is 29.1 Å². The second-order valence-electron chi connectivity index (χ2n) is 5.66. The Hall–Kier alpha value is -3.09. The maximum absolute atomic E-state index is 12.4. The molecule has 2 heterocycles. The van der Waals surface area contributed by atoms with Crippen molar-refractivity contribution in [2.45, 2.75) is 20.0 Å². The zero-order chi connectivity index (χ0) is 17.3. The summed E-state index contributed by atoms with van der Waals surface area (Å²) in [7, 11) is 0. The number of amides is 2. The van der Waals surface area contributed by atoms with Gasteiger partial charge in [0.15, 0.2) is 17.7 Å². The van der Waals surface area contributed by atoms with Gasteiger partial charge < -0.3 is 15.8 Å². The smallest absolute Gasteiger partial charge is 0.269 e. The molecule has 1 aromatic carbocycles. The van der Waals surface area contributed by atoms with Gasteiger partial charge in [-0.1, -0.05) is 12.1 Å². The first-order chi connectivity index (χ1) is 11.4. The van der Waals surface area contributed by atoms with Crippen LogP contribution < -0.4 is 20.7 Å². The summed E-state index contributed by atoms with van der Waals surface area (Å²) in [5.74, 6) is 0.291.